The summed E-state index contributed by atoms with van der Waals surface area (Å²) in [6.45, 7) is 0.869. The Morgan fingerprint density at radius 3 is 2.56 bits per heavy atom. The average Bonchev–Trinajstić information content (AvgIpc) is 3.52. The van der Waals surface area contributed by atoms with Gasteiger partial charge in [-0.1, -0.05) is 0 Å². The maximum absolute atomic E-state index is 13.3. The number of imide groups is 1. The summed E-state index contributed by atoms with van der Waals surface area (Å²) in [5.41, 5.74) is 1.10. The molecule has 1 saturated heterocycles. The van der Waals surface area contributed by atoms with Crippen molar-refractivity contribution in [3.63, 3.8) is 0 Å². The van der Waals surface area contributed by atoms with E-state index in [1.165, 1.54) is 29.2 Å². The van der Waals surface area contributed by atoms with Gasteiger partial charge in [0.15, 0.2) is 11.5 Å². The summed E-state index contributed by atoms with van der Waals surface area (Å²) in [5, 5.41) is 14.1. The van der Waals surface area contributed by atoms with E-state index < -0.39 is 16.7 Å². The Morgan fingerprint density at radius 1 is 1.06 bits per heavy atom. The molecular weight excluding hydrogens is 418 g/mol. The molecule has 2 aromatic carbocycles. The quantitative estimate of drug-likeness (QED) is 0.416. The van der Waals surface area contributed by atoms with Crippen LogP contribution in [0.3, 0.4) is 0 Å². The van der Waals surface area contributed by atoms with Crippen molar-refractivity contribution < 1.29 is 28.7 Å². The molecule has 0 aliphatic carbocycles. The van der Waals surface area contributed by atoms with Crippen molar-refractivity contribution in [1.82, 2.24) is 4.90 Å². The third-order valence-corrected chi connectivity index (χ3v) is 5.59. The summed E-state index contributed by atoms with van der Waals surface area (Å²) in [5.74, 6) is 0.175. The minimum Gasteiger partial charge on any atom is -0.454 e. The molecule has 3 aliphatic heterocycles. The van der Waals surface area contributed by atoms with Gasteiger partial charge in [0.1, 0.15) is 5.70 Å². The summed E-state index contributed by atoms with van der Waals surface area (Å²) < 4.78 is 16.3. The number of amides is 2. The highest BCUT2D eigenvalue weighted by Gasteiger charge is 2.41. The number of anilines is 1. The smallest absolute Gasteiger partial charge is 0.278 e. The van der Waals surface area contributed by atoms with Crippen LogP contribution in [0.4, 0.5) is 11.4 Å². The van der Waals surface area contributed by atoms with Crippen LogP contribution in [0.5, 0.6) is 11.5 Å². The molecule has 10 heteroatoms. The molecule has 1 fully saturated rings. The highest BCUT2D eigenvalue weighted by atomic mass is 16.7. The summed E-state index contributed by atoms with van der Waals surface area (Å²) in [6.07, 6.45) is 1.45. The fraction of sp³-hybridized carbons (Fsp3) is 0.273. The SMILES string of the molecule is O=C1C(Nc2ccc3c(c2)OCO3)=C(c2ccc([N+](=O)[O-])cc2)C(=O)N1CC1CCCO1. The highest BCUT2D eigenvalue weighted by molar-refractivity contribution is 6.36. The van der Waals surface area contributed by atoms with E-state index in [1.54, 1.807) is 18.2 Å². The Kier molecular flexibility index (Phi) is 4.98. The van der Waals surface area contributed by atoms with Crippen molar-refractivity contribution in [3.8, 4) is 11.5 Å². The number of ether oxygens (including phenoxy) is 3. The van der Waals surface area contributed by atoms with Crippen molar-refractivity contribution in [2.24, 2.45) is 0 Å². The zero-order valence-corrected chi connectivity index (χ0v) is 16.9. The Bertz CT molecular complexity index is 1140. The number of non-ortho nitro benzene ring substituents is 1. The molecule has 164 valence electrons. The minimum absolute atomic E-state index is 0.0979. The molecule has 10 nitrogen and oxygen atoms in total. The lowest BCUT2D eigenvalue weighted by Gasteiger charge is -2.19. The van der Waals surface area contributed by atoms with Gasteiger partial charge in [0.05, 0.1) is 23.1 Å². The first-order valence-corrected chi connectivity index (χ1v) is 10.1. The van der Waals surface area contributed by atoms with E-state index in [-0.39, 0.29) is 36.4 Å². The number of carbonyl (C=O) groups excluding carboxylic acids is 2. The predicted molar refractivity (Wildman–Crippen MR) is 112 cm³/mol. The highest BCUT2D eigenvalue weighted by Crippen LogP contribution is 2.37. The molecule has 5 rings (SSSR count). The molecule has 0 aromatic heterocycles. The van der Waals surface area contributed by atoms with Gasteiger partial charge in [-0.05, 0) is 42.7 Å². The van der Waals surface area contributed by atoms with Gasteiger partial charge in [-0.3, -0.25) is 24.6 Å². The first-order valence-electron chi connectivity index (χ1n) is 10.1. The number of benzene rings is 2. The molecule has 1 N–H and O–H groups in total. The van der Waals surface area contributed by atoms with Crippen LogP contribution >= 0.6 is 0 Å². The number of hydrogen-bond acceptors (Lipinski definition) is 8. The monoisotopic (exact) mass is 437 g/mol. The third kappa shape index (κ3) is 3.54. The number of nitrogens with zero attached hydrogens (tertiary/aromatic N) is 2. The maximum atomic E-state index is 13.3. The number of carbonyl (C=O) groups is 2. The second kappa shape index (κ2) is 7.97. The van der Waals surface area contributed by atoms with Crippen molar-refractivity contribution in [2.75, 3.05) is 25.3 Å². The summed E-state index contributed by atoms with van der Waals surface area (Å²) >= 11 is 0. The standard InChI is InChI=1S/C22H19N3O7/c26-21-19(13-3-6-15(7-4-13)25(28)29)20(22(27)24(21)11-16-2-1-9-30-16)23-14-5-8-17-18(10-14)32-12-31-17/h3-8,10,16,23H,1-2,9,11-12H2. The van der Waals surface area contributed by atoms with Crippen LogP contribution in [0.25, 0.3) is 5.57 Å². The fourth-order valence-electron chi connectivity index (χ4n) is 3.99. The van der Waals surface area contributed by atoms with Gasteiger partial charge < -0.3 is 19.5 Å². The average molecular weight is 437 g/mol. The van der Waals surface area contributed by atoms with Crippen LogP contribution in [0.1, 0.15) is 18.4 Å². The van der Waals surface area contributed by atoms with E-state index in [1.807, 2.05) is 0 Å². The van der Waals surface area contributed by atoms with Gasteiger partial charge in [-0.15, -0.1) is 0 Å². The topological polar surface area (TPSA) is 120 Å². The molecule has 2 amide bonds. The third-order valence-electron chi connectivity index (χ3n) is 5.59. The van der Waals surface area contributed by atoms with Crippen LogP contribution in [0.15, 0.2) is 48.2 Å². The second-order valence-corrected chi connectivity index (χ2v) is 7.60. The molecule has 1 atom stereocenters. The molecular formula is C22H19N3O7. The van der Waals surface area contributed by atoms with E-state index in [9.17, 15) is 19.7 Å². The predicted octanol–water partition coefficient (Wildman–Crippen LogP) is 2.69. The molecule has 0 bridgehead atoms. The number of hydrogen-bond donors (Lipinski definition) is 1. The minimum atomic E-state index is -0.519. The molecule has 3 aliphatic rings. The van der Waals surface area contributed by atoms with Gasteiger partial charge in [0.2, 0.25) is 6.79 Å². The van der Waals surface area contributed by atoms with E-state index in [0.29, 0.717) is 29.4 Å². The zero-order valence-electron chi connectivity index (χ0n) is 16.9. The fourth-order valence-corrected chi connectivity index (χ4v) is 3.99. The number of nitro groups is 1. The molecule has 2 aromatic rings. The van der Waals surface area contributed by atoms with Crippen molar-refractivity contribution in [1.29, 1.82) is 0 Å². The number of rotatable bonds is 6. The van der Waals surface area contributed by atoms with E-state index in [0.717, 1.165) is 12.8 Å². The Morgan fingerprint density at radius 2 is 1.84 bits per heavy atom. The molecule has 3 heterocycles. The largest absolute Gasteiger partial charge is 0.454 e. The zero-order chi connectivity index (χ0) is 22.2. The number of fused-ring (bicyclic) bond motifs is 1. The molecule has 0 spiro atoms. The van der Waals surface area contributed by atoms with E-state index >= 15 is 0 Å². The molecule has 32 heavy (non-hydrogen) atoms. The van der Waals surface area contributed by atoms with E-state index in [2.05, 4.69) is 5.32 Å². The van der Waals surface area contributed by atoms with Crippen LogP contribution in [-0.4, -0.2) is 47.7 Å². The van der Waals surface area contributed by atoms with Crippen LogP contribution < -0.4 is 14.8 Å². The Hall–Kier alpha value is -3.92. The van der Waals surface area contributed by atoms with Gasteiger partial charge in [-0.2, -0.15) is 0 Å². The molecule has 1 unspecified atom stereocenters. The summed E-state index contributed by atoms with van der Waals surface area (Å²) in [4.78, 5) is 38.2. The number of nitrogens with one attached hydrogen (secondary N) is 1. The molecule has 0 saturated carbocycles. The van der Waals surface area contributed by atoms with Gasteiger partial charge in [0.25, 0.3) is 17.5 Å². The van der Waals surface area contributed by atoms with Crippen molar-refractivity contribution >= 4 is 28.8 Å². The van der Waals surface area contributed by atoms with Gasteiger partial charge >= 0.3 is 0 Å². The van der Waals surface area contributed by atoms with Crippen LogP contribution in [0.2, 0.25) is 0 Å². The molecule has 0 radical (unpaired) electrons. The lowest BCUT2D eigenvalue weighted by Crippen LogP contribution is -2.38. The Labute approximate surface area is 182 Å². The summed E-state index contributed by atoms with van der Waals surface area (Å²) in [7, 11) is 0. The normalized spacial score (nSPS) is 19.8. The van der Waals surface area contributed by atoms with Gasteiger partial charge in [-0.25, -0.2) is 0 Å². The van der Waals surface area contributed by atoms with Crippen LogP contribution in [-0.2, 0) is 14.3 Å². The van der Waals surface area contributed by atoms with Crippen LogP contribution in [0, 0.1) is 10.1 Å². The summed E-state index contributed by atoms with van der Waals surface area (Å²) in [6, 6.07) is 10.7. The lowest BCUT2D eigenvalue weighted by atomic mass is 10.0. The van der Waals surface area contributed by atoms with Crippen molar-refractivity contribution in [2.45, 2.75) is 18.9 Å². The van der Waals surface area contributed by atoms with Gasteiger partial charge in [0, 0.05) is 30.5 Å². The first kappa shape index (κ1) is 20.0. The van der Waals surface area contributed by atoms with E-state index in [4.69, 9.17) is 14.2 Å². The lowest BCUT2D eigenvalue weighted by molar-refractivity contribution is -0.384. The number of nitro benzene ring substituents is 1. The second-order valence-electron chi connectivity index (χ2n) is 7.60. The Balaban J connectivity index is 1.51. The maximum Gasteiger partial charge on any atom is 0.278 e. The first-order chi connectivity index (χ1) is 15.5. The van der Waals surface area contributed by atoms with Crippen molar-refractivity contribution in [3.05, 3.63) is 63.8 Å².